The molecule has 0 aliphatic rings. The minimum Gasteiger partial charge on any atom is -0.480 e. The van der Waals surface area contributed by atoms with Crippen LogP contribution >= 0.6 is 0 Å². The number of nitrogens with one attached hydrogen (secondary N) is 1. The summed E-state index contributed by atoms with van der Waals surface area (Å²) in [5, 5.41) is 11.3. The topological polar surface area (TPSA) is 75.6 Å². The van der Waals surface area contributed by atoms with Gasteiger partial charge in [0.2, 0.25) is 0 Å². The van der Waals surface area contributed by atoms with Crippen molar-refractivity contribution in [3.8, 4) is 0 Å². The molecule has 0 saturated heterocycles. The first-order chi connectivity index (χ1) is 7.16. The quantitative estimate of drug-likeness (QED) is 0.524. The summed E-state index contributed by atoms with van der Waals surface area (Å²) in [5.41, 5.74) is -0.287. The summed E-state index contributed by atoms with van der Waals surface area (Å²) in [5.74, 6) is -1.43. The summed E-state index contributed by atoms with van der Waals surface area (Å²) in [6, 6.07) is 0. The Balaban J connectivity index is 4.33. The van der Waals surface area contributed by atoms with Crippen molar-refractivity contribution in [3.05, 3.63) is 12.2 Å². The third kappa shape index (κ3) is 4.93. The standard InChI is InChI=1S/C11H19NO4/c1-7(2)10(15)16-8(3)11(4,5)12-6-9(13)14/h8,12H,1,6H2,2-5H3,(H,13,14). The van der Waals surface area contributed by atoms with Crippen molar-refractivity contribution in [2.45, 2.75) is 39.3 Å². The molecule has 16 heavy (non-hydrogen) atoms. The Morgan fingerprint density at radius 2 is 2.00 bits per heavy atom. The number of esters is 1. The van der Waals surface area contributed by atoms with Gasteiger partial charge in [0.25, 0.3) is 0 Å². The largest absolute Gasteiger partial charge is 0.480 e. The van der Waals surface area contributed by atoms with Gasteiger partial charge in [-0.1, -0.05) is 6.58 Å². The summed E-state index contributed by atoms with van der Waals surface area (Å²) >= 11 is 0. The van der Waals surface area contributed by atoms with Crippen molar-refractivity contribution < 1.29 is 19.4 Å². The minimum absolute atomic E-state index is 0.179. The Bertz CT molecular complexity index is 296. The third-order valence-electron chi connectivity index (χ3n) is 2.34. The highest BCUT2D eigenvalue weighted by molar-refractivity contribution is 5.87. The Morgan fingerprint density at radius 3 is 2.38 bits per heavy atom. The molecule has 0 bridgehead atoms. The van der Waals surface area contributed by atoms with Gasteiger partial charge in [0.05, 0.1) is 6.54 Å². The molecule has 0 amide bonds. The van der Waals surface area contributed by atoms with E-state index < -0.39 is 23.6 Å². The van der Waals surface area contributed by atoms with E-state index in [1.165, 1.54) is 0 Å². The minimum atomic E-state index is -0.952. The number of carbonyl (C=O) groups is 2. The molecule has 1 atom stereocenters. The lowest BCUT2D eigenvalue weighted by atomic mass is 9.98. The van der Waals surface area contributed by atoms with Crippen LogP contribution in [0, 0.1) is 0 Å². The molecule has 0 radical (unpaired) electrons. The summed E-state index contributed by atoms with van der Waals surface area (Å²) in [7, 11) is 0. The highest BCUT2D eigenvalue weighted by Crippen LogP contribution is 2.13. The second kappa shape index (κ2) is 5.65. The molecule has 0 aromatic rings. The Labute approximate surface area is 95.5 Å². The van der Waals surface area contributed by atoms with Crippen LogP contribution in [0.3, 0.4) is 0 Å². The van der Waals surface area contributed by atoms with Crippen molar-refractivity contribution in [3.63, 3.8) is 0 Å². The monoisotopic (exact) mass is 229 g/mol. The fourth-order valence-corrected chi connectivity index (χ4v) is 0.856. The van der Waals surface area contributed by atoms with Crippen molar-refractivity contribution in [2.24, 2.45) is 0 Å². The maximum atomic E-state index is 11.3. The van der Waals surface area contributed by atoms with Gasteiger partial charge in [-0.2, -0.15) is 0 Å². The van der Waals surface area contributed by atoms with Crippen molar-refractivity contribution >= 4 is 11.9 Å². The van der Waals surface area contributed by atoms with E-state index in [0.717, 1.165) is 0 Å². The average molecular weight is 229 g/mol. The fourth-order valence-electron chi connectivity index (χ4n) is 0.856. The molecule has 0 aliphatic carbocycles. The molecule has 0 heterocycles. The van der Waals surface area contributed by atoms with E-state index in [1.54, 1.807) is 27.7 Å². The first-order valence-corrected chi connectivity index (χ1v) is 5.00. The molecule has 0 rings (SSSR count). The number of carboxylic acid groups (broad SMARTS) is 1. The summed E-state index contributed by atoms with van der Waals surface area (Å²) in [6.07, 6.45) is -0.448. The molecule has 92 valence electrons. The number of rotatable bonds is 6. The lowest BCUT2D eigenvalue weighted by molar-refractivity contribution is -0.147. The normalized spacial score (nSPS) is 13.0. The average Bonchev–Trinajstić information content (AvgIpc) is 2.14. The Hall–Kier alpha value is -1.36. The highest BCUT2D eigenvalue weighted by atomic mass is 16.5. The summed E-state index contributed by atoms with van der Waals surface area (Å²) in [6.45, 7) is 10.1. The molecule has 0 fully saturated rings. The van der Waals surface area contributed by atoms with Crippen LogP contribution in [0.25, 0.3) is 0 Å². The molecule has 0 spiro atoms. The van der Waals surface area contributed by atoms with E-state index in [1.807, 2.05) is 0 Å². The zero-order valence-electron chi connectivity index (χ0n) is 10.2. The predicted molar refractivity (Wildman–Crippen MR) is 60.1 cm³/mol. The number of ether oxygens (including phenoxy) is 1. The van der Waals surface area contributed by atoms with Crippen LogP contribution in [0.5, 0.6) is 0 Å². The molecule has 2 N–H and O–H groups in total. The first kappa shape index (κ1) is 14.6. The zero-order chi connectivity index (χ0) is 12.9. The molecule has 5 nitrogen and oxygen atoms in total. The second-order valence-corrected chi connectivity index (χ2v) is 4.30. The summed E-state index contributed by atoms with van der Waals surface area (Å²) in [4.78, 5) is 21.7. The maximum Gasteiger partial charge on any atom is 0.333 e. The highest BCUT2D eigenvalue weighted by Gasteiger charge is 2.29. The SMILES string of the molecule is C=C(C)C(=O)OC(C)C(C)(C)NCC(=O)O. The Morgan fingerprint density at radius 1 is 1.50 bits per heavy atom. The van der Waals surface area contributed by atoms with Crippen LogP contribution in [0.2, 0.25) is 0 Å². The van der Waals surface area contributed by atoms with Gasteiger partial charge in [-0.05, 0) is 27.7 Å². The van der Waals surface area contributed by atoms with Crippen molar-refractivity contribution in [2.75, 3.05) is 6.54 Å². The number of aliphatic carboxylic acids is 1. The smallest absolute Gasteiger partial charge is 0.333 e. The Kier molecular flexibility index (Phi) is 5.17. The van der Waals surface area contributed by atoms with Gasteiger partial charge in [0.15, 0.2) is 0 Å². The van der Waals surface area contributed by atoms with E-state index >= 15 is 0 Å². The van der Waals surface area contributed by atoms with Crippen LogP contribution in [-0.2, 0) is 14.3 Å². The van der Waals surface area contributed by atoms with Crippen LogP contribution in [-0.4, -0.2) is 35.2 Å². The molecular formula is C11H19NO4. The van der Waals surface area contributed by atoms with E-state index in [4.69, 9.17) is 9.84 Å². The van der Waals surface area contributed by atoms with Crippen LogP contribution < -0.4 is 5.32 Å². The van der Waals surface area contributed by atoms with Crippen LogP contribution in [0.1, 0.15) is 27.7 Å². The van der Waals surface area contributed by atoms with Gasteiger partial charge in [0.1, 0.15) is 6.10 Å². The number of hydrogen-bond acceptors (Lipinski definition) is 4. The van der Waals surface area contributed by atoms with Crippen LogP contribution in [0.15, 0.2) is 12.2 Å². The molecule has 0 aliphatic heterocycles. The number of carbonyl (C=O) groups excluding carboxylic acids is 1. The molecular weight excluding hydrogens is 210 g/mol. The predicted octanol–water partition coefficient (Wildman–Crippen LogP) is 0.947. The van der Waals surface area contributed by atoms with E-state index in [-0.39, 0.29) is 6.54 Å². The molecule has 0 aromatic carbocycles. The van der Waals surface area contributed by atoms with Gasteiger partial charge < -0.3 is 9.84 Å². The molecule has 5 heteroatoms. The van der Waals surface area contributed by atoms with Gasteiger partial charge in [-0.25, -0.2) is 4.79 Å². The fraction of sp³-hybridized carbons (Fsp3) is 0.636. The van der Waals surface area contributed by atoms with Gasteiger partial charge >= 0.3 is 11.9 Å². The molecule has 0 saturated carbocycles. The van der Waals surface area contributed by atoms with Crippen molar-refractivity contribution in [1.82, 2.24) is 5.32 Å². The van der Waals surface area contributed by atoms with Crippen LogP contribution in [0.4, 0.5) is 0 Å². The second-order valence-electron chi connectivity index (χ2n) is 4.30. The van der Waals surface area contributed by atoms with Gasteiger partial charge in [-0.15, -0.1) is 0 Å². The van der Waals surface area contributed by atoms with Gasteiger partial charge in [0, 0.05) is 11.1 Å². The number of hydrogen-bond donors (Lipinski definition) is 2. The van der Waals surface area contributed by atoms with Gasteiger partial charge in [-0.3, -0.25) is 10.1 Å². The molecule has 0 aromatic heterocycles. The van der Waals surface area contributed by atoms with Crippen molar-refractivity contribution in [1.29, 1.82) is 0 Å². The summed E-state index contributed by atoms with van der Waals surface area (Å²) < 4.78 is 5.11. The lowest BCUT2D eigenvalue weighted by Gasteiger charge is -2.31. The van der Waals surface area contributed by atoms with E-state index in [0.29, 0.717) is 5.57 Å². The van der Waals surface area contributed by atoms with E-state index in [2.05, 4.69) is 11.9 Å². The lowest BCUT2D eigenvalue weighted by Crippen LogP contribution is -2.51. The zero-order valence-corrected chi connectivity index (χ0v) is 10.2. The third-order valence-corrected chi connectivity index (χ3v) is 2.34. The first-order valence-electron chi connectivity index (χ1n) is 5.00. The maximum absolute atomic E-state index is 11.3. The molecule has 1 unspecified atom stereocenters. The van der Waals surface area contributed by atoms with E-state index in [9.17, 15) is 9.59 Å². The number of carboxylic acids is 1.